The molecule has 0 unspecified atom stereocenters. The van der Waals surface area contributed by atoms with Gasteiger partial charge in [-0.3, -0.25) is 4.79 Å². The largest absolute Gasteiger partial charge is 0.489 e. The minimum atomic E-state index is -0.170. The first kappa shape index (κ1) is 16.8. The second-order valence-electron chi connectivity index (χ2n) is 5.03. The van der Waals surface area contributed by atoms with E-state index >= 15 is 0 Å². The third kappa shape index (κ3) is 4.51. The maximum Gasteiger partial charge on any atom is 0.265 e. The molecule has 0 aliphatic heterocycles. The van der Waals surface area contributed by atoms with Gasteiger partial charge >= 0.3 is 0 Å². The van der Waals surface area contributed by atoms with Gasteiger partial charge in [0.05, 0.1) is 4.88 Å². The highest BCUT2D eigenvalue weighted by atomic mass is 35.5. The molecule has 0 aliphatic rings. The summed E-state index contributed by atoms with van der Waals surface area (Å²) in [6.45, 7) is 0.376. The van der Waals surface area contributed by atoms with Gasteiger partial charge in [0, 0.05) is 21.3 Å². The van der Waals surface area contributed by atoms with Crippen LogP contribution in [0.4, 0.5) is 5.69 Å². The smallest absolute Gasteiger partial charge is 0.265 e. The first-order valence-corrected chi connectivity index (χ1v) is 8.76. The van der Waals surface area contributed by atoms with Crippen molar-refractivity contribution in [3.05, 3.63) is 80.5 Å². The Morgan fingerprint density at radius 2 is 1.79 bits per heavy atom. The summed E-state index contributed by atoms with van der Waals surface area (Å²) in [6.07, 6.45) is 0. The van der Waals surface area contributed by atoms with Gasteiger partial charge in [0.15, 0.2) is 0 Å². The number of anilines is 1. The Morgan fingerprint density at radius 1 is 1.04 bits per heavy atom. The third-order valence-corrected chi connectivity index (χ3v) is 4.61. The molecule has 3 rings (SSSR count). The number of nitrogens with one attached hydrogen (secondary N) is 1. The monoisotopic (exact) mass is 377 g/mol. The van der Waals surface area contributed by atoms with Crippen molar-refractivity contribution in [2.24, 2.45) is 0 Å². The number of benzene rings is 2. The van der Waals surface area contributed by atoms with E-state index in [2.05, 4.69) is 5.32 Å². The van der Waals surface area contributed by atoms with Gasteiger partial charge in [-0.05, 0) is 47.8 Å². The Bertz CT molecular complexity index is 863. The molecule has 0 radical (unpaired) electrons. The van der Waals surface area contributed by atoms with Crippen molar-refractivity contribution in [2.45, 2.75) is 6.61 Å². The fourth-order valence-corrected chi connectivity index (χ4v) is 3.22. The van der Waals surface area contributed by atoms with Crippen LogP contribution in [-0.4, -0.2) is 5.91 Å². The predicted octanol–water partition coefficient (Wildman–Crippen LogP) is 5.89. The van der Waals surface area contributed by atoms with E-state index in [-0.39, 0.29) is 5.91 Å². The van der Waals surface area contributed by atoms with Crippen molar-refractivity contribution in [1.82, 2.24) is 0 Å². The summed E-state index contributed by atoms with van der Waals surface area (Å²) in [4.78, 5) is 12.9. The second-order valence-corrected chi connectivity index (χ2v) is 6.81. The number of hydrogen-bond acceptors (Lipinski definition) is 3. The minimum absolute atomic E-state index is 0.170. The number of rotatable bonds is 5. The number of carbonyl (C=O) groups is 1. The molecule has 1 amide bonds. The lowest BCUT2D eigenvalue weighted by atomic mass is 10.3. The molecule has 3 nitrogen and oxygen atoms in total. The van der Waals surface area contributed by atoms with Gasteiger partial charge in [0.1, 0.15) is 12.4 Å². The number of thiophene rings is 1. The fraction of sp³-hybridized carbons (Fsp3) is 0.0556. The van der Waals surface area contributed by atoms with Gasteiger partial charge in [-0.15, -0.1) is 11.3 Å². The molecular formula is C18H13Cl2NO2S. The van der Waals surface area contributed by atoms with Crippen LogP contribution >= 0.6 is 34.5 Å². The zero-order chi connectivity index (χ0) is 16.9. The number of ether oxygens (including phenoxy) is 1. The summed E-state index contributed by atoms with van der Waals surface area (Å²) in [5, 5.41) is 5.93. The molecule has 2 aromatic carbocycles. The quantitative estimate of drug-likeness (QED) is 0.602. The summed E-state index contributed by atoms with van der Waals surface area (Å²) >= 11 is 13.2. The number of halogens is 2. The lowest BCUT2D eigenvalue weighted by Gasteiger charge is -2.05. The highest BCUT2D eigenvalue weighted by Gasteiger charge is 2.10. The summed E-state index contributed by atoms with van der Waals surface area (Å²) in [5.74, 6) is 0.523. The number of hydrogen-bond donors (Lipinski definition) is 1. The Hall–Kier alpha value is -2.01. The van der Waals surface area contributed by atoms with E-state index in [4.69, 9.17) is 27.9 Å². The topological polar surface area (TPSA) is 38.3 Å². The number of amides is 1. The van der Waals surface area contributed by atoms with Crippen LogP contribution in [0.5, 0.6) is 5.75 Å². The summed E-state index contributed by atoms with van der Waals surface area (Å²) in [5.41, 5.74) is 1.59. The molecule has 0 bridgehead atoms. The van der Waals surface area contributed by atoms with Crippen molar-refractivity contribution in [3.8, 4) is 5.75 Å². The van der Waals surface area contributed by atoms with Gasteiger partial charge in [0.25, 0.3) is 5.91 Å². The Labute approximate surface area is 153 Å². The standard InChI is InChI=1S/C18H13Cl2NO2S/c19-13-3-1-5-15(8-13)21-18(22)17-7-12(11-24-17)10-23-16-6-2-4-14(20)9-16/h1-9,11H,10H2,(H,21,22). The lowest BCUT2D eigenvalue weighted by Crippen LogP contribution is -2.10. The van der Waals surface area contributed by atoms with E-state index in [0.717, 1.165) is 5.56 Å². The highest BCUT2D eigenvalue weighted by Crippen LogP contribution is 2.22. The van der Waals surface area contributed by atoms with E-state index in [1.165, 1.54) is 11.3 Å². The van der Waals surface area contributed by atoms with Crippen LogP contribution in [0.3, 0.4) is 0 Å². The molecule has 3 aromatic rings. The van der Waals surface area contributed by atoms with Crippen LogP contribution in [0.15, 0.2) is 60.0 Å². The van der Waals surface area contributed by atoms with Gasteiger partial charge in [-0.25, -0.2) is 0 Å². The van der Waals surface area contributed by atoms with Crippen molar-refractivity contribution < 1.29 is 9.53 Å². The zero-order valence-corrected chi connectivity index (χ0v) is 14.8. The first-order chi connectivity index (χ1) is 11.6. The Balaban J connectivity index is 1.61. The van der Waals surface area contributed by atoms with Gasteiger partial charge in [-0.2, -0.15) is 0 Å². The lowest BCUT2D eigenvalue weighted by molar-refractivity contribution is 0.103. The van der Waals surface area contributed by atoms with Crippen LogP contribution in [0, 0.1) is 0 Å². The maximum atomic E-state index is 12.3. The number of carbonyl (C=O) groups excluding carboxylic acids is 1. The SMILES string of the molecule is O=C(Nc1cccc(Cl)c1)c1cc(COc2cccc(Cl)c2)cs1. The molecule has 6 heteroatoms. The molecule has 1 heterocycles. The van der Waals surface area contributed by atoms with E-state index in [9.17, 15) is 4.79 Å². The molecule has 0 saturated carbocycles. The Kier molecular flexibility index (Phi) is 5.41. The molecule has 0 fully saturated rings. The second kappa shape index (κ2) is 7.71. The van der Waals surface area contributed by atoms with E-state index in [0.29, 0.717) is 33.0 Å². The molecule has 24 heavy (non-hydrogen) atoms. The van der Waals surface area contributed by atoms with Crippen LogP contribution < -0.4 is 10.1 Å². The highest BCUT2D eigenvalue weighted by molar-refractivity contribution is 7.12. The molecule has 0 spiro atoms. The van der Waals surface area contributed by atoms with Crippen LogP contribution in [0.25, 0.3) is 0 Å². The molecule has 1 N–H and O–H groups in total. The van der Waals surface area contributed by atoms with Crippen molar-refractivity contribution >= 4 is 46.1 Å². The molecule has 1 aromatic heterocycles. The van der Waals surface area contributed by atoms with Crippen LogP contribution in [0.1, 0.15) is 15.2 Å². The van der Waals surface area contributed by atoms with Crippen LogP contribution in [-0.2, 0) is 6.61 Å². The van der Waals surface area contributed by atoms with E-state index < -0.39 is 0 Å². The maximum absolute atomic E-state index is 12.3. The van der Waals surface area contributed by atoms with Crippen LogP contribution in [0.2, 0.25) is 10.0 Å². The minimum Gasteiger partial charge on any atom is -0.489 e. The average Bonchev–Trinajstić information content (AvgIpc) is 3.02. The molecule has 0 atom stereocenters. The fourth-order valence-electron chi connectivity index (χ4n) is 2.05. The molecular weight excluding hydrogens is 365 g/mol. The first-order valence-electron chi connectivity index (χ1n) is 7.13. The Morgan fingerprint density at radius 3 is 2.54 bits per heavy atom. The van der Waals surface area contributed by atoms with Gasteiger partial charge < -0.3 is 10.1 Å². The van der Waals surface area contributed by atoms with Gasteiger partial charge in [0.2, 0.25) is 0 Å². The summed E-state index contributed by atoms with van der Waals surface area (Å²) in [6, 6.07) is 16.1. The normalized spacial score (nSPS) is 10.4. The third-order valence-electron chi connectivity index (χ3n) is 3.16. The molecule has 0 aliphatic carbocycles. The van der Waals surface area contributed by atoms with Gasteiger partial charge in [-0.1, -0.05) is 35.3 Å². The summed E-state index contributed by atoms with van der Waals surface area (Å²) in [7, 11) is 0. The van der Waals surface area contributed by atoms with E-state index in [1.54, 1.807) is 36.4 Å². The predicted molar refractivity (Wildman–Crippen MR) is 99.5 cm³/mol. The van der Waals surface area contributed by atoms with E-state index in [1.807, 2.05) is 23.6 Å². The van der Waals surface area contributed by atoms with Crippen molar-refractivity contribution in [2.75, 3.05) is 5.32 Å². The average molecular weight is 378 g/mol. The van der Waals surface area contributed by atoms with Crippen molar-refractivity contribution in [1.29, 1.82) is 0 Å². The zero-order valence-electron chi connectivity index (χ0n) is 12.5. The molecule has 122 valence electrons. The molecule has 0 saturated heterocycles. The summed E-state index contributed by atoms with van der Waals surface area (Å²) < 4.78 is 5.67. The van der Waals surface area contributed by atoms with Crippen molar-refractivity contribution in [3.63, 3.8) is 0 Å².